The van der Waals surface area contributed by atoms with Crippen LogP contribution in [0, 0.1) is 5.82 Å². The van der Waals surface area contributed by atoms with Crippen molar-refractivity contribution in [3.63, 3.8) is 0 Å². The first kappa shape index (κ1) is 23.0. The molecule has 3 aromatic rings. The van der Waals surface area contributed by atoms with Crippen LogP contribution in [0.1, 0.15) is 12.5 Å². The summed E-state index contributed by atoms with van der Waals surface area (Å²) in [5.74, 6) is -0.636. The summed E-state index contributed by atoms with van der Waals surface area (Å²) < 4.78 is 46.6. The number of halogens is 1. The molecule has 0 aliphatic carbocycles. The average molecular weight is 456 g/mol. The van der Waals surface area contributed by atoms with Crippen LogP contribution < -0.4 is 14.5 Å². The molecule has 0 spiro atoms. The molecule has 9 heteroatoms. The zero-order valence-corrected chi connectivity index (χ0v) is 18.1. The topological polar surface area (TPSA) is 88.1 Å². The maximum absolute atomic E-state index is 13.7. The summed E-state index contributed by atoms with van der Waals surface area (Å²) in [6, 6.07) is 20.1. The highest BCUT2D eigenvalue weighted by molar-refractivity contribution is 7.92. The van der Waals surface area contributed by atoms with Crippen molar-refractivity contribution in [2.24, 2.45) is 5.10 Å². The van der Waals surface area contributed by atoms with Gasteiger partial charge in [-0.3, -0.25) is 9.10 Å². The summed E-state index contributed by atoms with van der Waals surface area (Å²) in [5.41, 5.74) is 2.75. The van der Waals surface area contributed by atoms with Gasteiger partial charge < -0.3 is 4.74 Å². The molecule has 0 heterocycles. The van der Waals surface area contributed by atoms with Gasteiger partial charge in [-0.25, -0.2) is 18.2 Å². The van der Waals surface area contributed by atoms with E-state index >= 15 is 0 Å². The number of para-hydroxylation sites is 1. The van der Waals surface area contributed by atoms with Gasteiger partial charge in [-0.05, 0) is 49.4 Å². The first-order valence-corrected chi connectivity index (χ1v) is 11.2. The molecule has 0 radical (unpaired) electrons. The number of amides is 1. The van der Waals surface area contributed by atoms with Gasteiger partial charge in [0.15, 0.2) is 0 Å². The SMILES string of the molecule is CCOc1ccc(S(=O)(=O)N(CC(=O)N/N=C\c2ccccc2F)c2ccccc2)cc1. The predicted octanol–water partition coefficient (Wildman–Crippen LogP) is 3.57. The van der Waals surface area contributed by atoms with E-state index < -0.39 is 28.3 Å². The second-order valence-electron chi connectivity index (χ2n) is 6.57. The van der Waals surface area contributed by atoms with Crippen molar-refractivity contribution in [1.29, 1.82) is 0 Å². The molecule has 0 aliphatic heterocycles. The monoisotopic (exact) mass is 455 g/mol. The van der Waals surface area contributed by atoms with E-state index in [-0.39, 0.29) is 10.5 Å². The van der Waals surface area contributed by atoms with Gasteiger partial charge >= 0.3 is 0 Å². The maximum atomic E-state index is 13.7. The van der Waals surface area contributed by atoms with Crippen molar-refractivity contribution in [3.05, 3.63) is 90.2 Å². The third-order valence-corrected chi connectivity index (χ3v) is 6.14. The molecule has 0 fully saturated rings. The van der Waals surface area contributed by atoms with Crippen molar-refractivity contribution in [2.45, 2.75) is 11.8 Å². The van der Waals surface area contributed by atoms with Crippen LogP contribution in [0.25, 0.3) is 0 Å². The largest absolute Gasteiger partial charge is 0.494 e. The highest BCUT2D eigenvalue weighted by atomic mass is 32.2. The fraction of sp³-hybridized carbons (Fsp3) is 0.130. The van der Waals surface area contributed by atoms with E-state index in [1.807, 2.05) is 6.92 Å². The summed E-state index contributed by atoms with van der Waals surface area (Å²) in [6.45, 7) is 1.76. The molecular weight excluding hydrogens is 433 g/mol. The van der Waals surface area contributed by atoms with Gasteiger partial charge in [-0.15, -0.1) is 0 Å². The Balaban J connectivity index is 1.81. The predicted molar refractivity (Wildman–Crippen MR) is 121 cm³/mol. The first-order chi connectivity index (χ1) is 15.4. The fourth-order valence-electron chi connectivity index (χ4n) is 2.83. The van der Waals surface area contributed by atoms with Gasteiger partial charge in [0.2, 0.25) is 0 Å². The molecule has 0 bridgehead atoms. The van der Waals surface area contributed by atoms with Crippen molar-refractivity contribution >= 4 is 27.8 Å². The van der Waals surface area contributed by atoms with Gasteiger partial charge in [-0.1, -0.05) is 36.4 Å². The van der Waals surface area contributed by atoms with Gasteiger partial charge in [0.25, 0.3) is 15.9 Å². The summed E-state index contributed by atoms with van der Waals surface area (Å²) >= 11 is 0. The number of hydrogen-bond acceptors (Lipinski definition) is 5. The molecule has 0 saturated carbocycles. The van der Waals surface area contributed by atoms with Crippen LogP contribution in [0.4, 0.5) is 10.1 Å². The Morgan fingerprint density at radius 1 is 1.03 bits per heavy atom. The van der Waals surface area contributed by atoms with Gasteiger partial charge in [0.1, 0.15) is 18.1 Å². The van der Waals surface area contributed by atoms with Crippen LogP contribution in [0.3, 0.4) is 0 Å². The Morgan fingerprint density at radius 3 is 2.34 bits per heavy atom. The Morgan fingerprint density at radius 2 is 1.69 bits per heavy atom. The third-order valence-electron chi connectivity index (χ3n) is 4.35. The van der Waals surface area contributed by atoms with E-state index in [0.717, 1.165) is 10.5 Å². The minimum absolute atomic E-state index is 0.00691. The Kier molecular flexibility index (Phi) is 7.56. The van der Waals surface area contributed by atoms with Crippen molar-refractivity contribution in [3.8, 4) is 5.75 Å². The number of benzene rings is 3. The number of hydrogen-bond donors (Lipinski definition) is 1. The molecule has 3 rings (SSSR count). The molecule has 32 heavy (non-hydrogen) atoms. The molecule has 166 valence electrons. The highest BCUT2D eigenvalue weighted by Gasteiger charge is 2.27. The lowest BCUT2D eigenvalue weighted by atomic mass is 10.2. The standard InChI is InChI=1S/C23H22FN3O4S/c1-2-31-20-12-14-21(15-13-20)32(29,30)27(19-9-4-3-5-10-19)17-23(28)26-25-16-18-8-6-7-11-22(18)24/h3-16H,2,17H2,1H3,(H,26,28)/b25-16-. The summed E-state index contributed by atoms with van der Waals surface area (Å²) in [5, 5.41) is 3.73. The second-order valence-corrected chi connectivity index (χ2v) is 8.43. The van der Waals surface area contributed by atoms with E-state index in [9.17, 15) is 17.6 Å². The molecule has 3 aromatic carbocycles. The quantitative estimate of drug-likeness (QED) is 0.395. The Bertz CT molecular complexity index is 1180. The summed E-state index contributed by atoms with van der Waals surface area (Å²) in [7, 11) is -4.06. The number of sulfonamides is 1. The number of carbonyl (C=O) groups is 1. The normalized spacial score (nSPS) is 11.3. The van der Waals surface area contributed by atoms with Crippen LogP contribution in [-0.4, -0.2) is 33.7 Å². The number of anilines is 1. The molecule has 0 unspecified atom stereocenters. The van der Waals surface area contributed by atoms with Crippen LogP contribution in [0.15, 0.2) is 88.9 Å². The molecule has 1 N–H and O–H groups in total. The molecule has 1 amide bonds. The van der Waals surface area contributed by atoms with E-state index in [4.69, 9.17) is 4.74 Å². The number of hydrazone groups is 1. The number of ether oxygens (including phenoxy) is 1. The van der Waals surface area contributed by atoms with Gasteiger partial charge in [-0.2, -0.15) is 5.10 Å². The van der Waals surface area contributed by atoms with Crippen molar-refractivity contribution in [1.82, 2.24) is 5.43 Å². The smallest absolute Gasteiger partial charge is 0.264 e. The molecule has 7 nitrogen and oxygen atoms in total. The van der Waals surface area contributed by atoms with Crippen LogP contribution in [0.5, 0.6) is 5.75 Å². The zero-order valence-electron chi connectivity index (χ0n) is 17.3. The third kappa shape index (κ3) is 5.70. The highest BCUT2D eigenvalue weighted by Crippen LogP contribution is 2.25. The minimum Gasteiger partial charge on any atom is -0.494 e. The fourth-order valence-corrected chi connectivity index (χ4v) is 4.25. The first-order valence-electron chi connectivity index (χ1n) is 9.79. The Labute approximate surface area is 186 Å². The number of nitrogens with one attached hydrogen (secondary N) is 1. The van der Waals surface area contributed by atoms with E-state index in [1.54, 1.807) is 48.5 Å². The molecule has 0 aliphatic rings. The molecular formula is C23H22FN3O4S. The molecule has 0 atom stereocenters. The number of nitrogens with zero attached hydrogens (tertiary/aromatic N) is 2. The summed E-state index contributed by atoms with van der Waals surface area (Å²) in [6.07, 6.45) is 1.15. The molecule has 0 aromatic heterocycles. The van der Waals surface area contributed by atoms with Gasteiger partial charge in [0.05, 0.1) is 23.4 Å². The lowest BCUT2D eigenvalue weighted by molar-refractivity contribution is -0.119. The van der Waals surface area contributed by atoms with Crippen LogP contribution in [-0.2, 0) is 14.8 Å². The van der Waals surface area contributed by atoms with E-state index in [1.165, 1.54) is 30.3 Å². The van der Waals surface area contributed by atoms with Crippen molar-refractivity contribution < 1.29 is 22.3 Å². The van der Waals surface area contributed by atoms with Crippen LogP contribution >= 0.6 is 0 Å². The maximum Gasteiger partial charge on any atom is 0.264 e. The lowest BCUT2D eigenvalue weighted by Gasteiger charge is -2.23. The van der Waals surface area contributed by atoms with Crippen molar-refractivity contribution in [2.75, 3.05) is 17.5 Å². The average Bonchev–Trinajstić information content (AvgIpc) is 2.80. The number of rotatable bonds is 9. The minimum atomic E-state index is -4.06. The van der Waals surface area contributed by atoms with Gasteiger partial charge in [0, 0.05) is 5.56 Å². The second kappa shape index (κ2) is 10.5. The number of carbonyl (C=O) groups excluding carboxylic acids is 1. The zero-order chi connectivity index (χ0) is 23.0. The molecule has 0 saturated heterocycles. The lowest BCUT2D eigenvalue weighted by Crippen LogP contribution is -2.39. The van der Waals surface area contributed by atoms with Crippen LogP contribution in [0.2, 0.25) is 0 Å². The Hall–Kier alpha value is -3.72. The van der Waals surface area contributed by atoms with E-state index in [0.29, 0.717) is 18.0 Å². The van der Waals surface area contributed by atoms with E-state index in [2.05, 4.69) is 10.5 Å². The summed E-state index contributed by atoms with van der Waals surface area (Å²) in [4.78, 5) is 12.5.